The first-order valence-corrected chi connectivity index (χ1v) is 5.07. The van der Waals surface area contributed by atoms with Crippen LogP contribution in [0.2, 0.25) is 0 Å². The van der Waals surface area contributed by atoms with Crippen LogP contribution in [0.1, 0.15) is 5.56 Å². The molecule has 62 valence electrons. The van der Waals surface area contributed by atoms with Gasteiger partial charge in [0.25, 0.3) is 0 Å². The summed E-state index contributed by atoms with van der Waals surface area (Å²) >= 11 is 1.78. The Morgan fingerprint density at radius 3 is 3.33 bits per heavy atom. The summed E-state index contributed by atoms with van der Waals surface area (Å²) in [6.45, 7) is 0. The molecule has 0 saturated carbocycles. The van der Waals surface area contributed by atoms with Crippen LogP contribution in [0.5, 0.6) is 0 Å². The average molecular weight is 179 g/mol. The third-order valence-electron chi connectivity index (χ3n) is 1.65. The molecule has 2 rings (SSSR count). The number of hydrogen-bond donors (Lipinski definition) is 0. The summed E-state index contributed by atoms with van der Waals surface area (Å²) in [6.07, 6.45) is 7.65. The van der Waals surface area contributed by atoms with Crippen molar-refractivity contribution in [3.63, 3.8) is 0 Å². The monoisotopic (exact) mass is 179 g/mol. The molecule has 0 saturated heterocycles. The molecule has 2 aromatic rings. The van der Waals surface area contributed by atoms with Gasteiger partial charge in [0.15, 0.2) is 5.65 Å². The zero-order chi connectivity index (χ0) is 8.39. The Morgan fingerprint density at radius 1 is 1.58 bits per heavy atom. The molecule has 0 aliphatic heterocycles. The van der Waals surface area contributed by atoms with Crippen molar-refractivity contribution < 1.29 is 0 Å². The maximum Gasteiger partial charge on any atom is 0.158 e. The molecule has 12 heavy (non-hydrogen) atoms. The van der Waals surface area contributed by atoms with E-state index in [-0.39, 0.29) is 0 Å². The summed E-state index contributed by atoms with van der Waals surface area (Å²) in [5, 5.41) is 4.18. The Balaban J connectivity index is 2.55. The van der Waals surface area contributed by atoms with Crippen molar-refractivity contribution in [1.29, 1.82) is 0 Å². The number of thioether (sulfide) groups is 1. The van der Waals surface area contributed by atoms with Crippen molar-refractivity contribution in [3.8, 4) is 0 Å². The van der Waals surface area contributed by atoms with Crippen LogP contribution in [0.15, 0.2) is 24.7 Å². The molecule has 0 radical (unpaired) electrons. The van der Waals surface area contributed by atoms with E-state index in [2.05, 4.69) is 16.3 Å². The molecule has 2 aromatic heterocycles. The van der Waals surface area contributed by atoms with Crippen molar-refractivity contribution in [1.82, 2.24) is 14.6 Å². The smallest absolute Gasteiger partial charge is 0.158 e. The lowest BCUT2D eigenvalue weighted by molar-refractivity contribution is 0.939. The fourth-order valence-electron chi connectivity index (χ4n) is 1.13. The first-order valence-electron chi connectivity index (χ1n) is 3.68. The molecule has 4 heteroatoms. The SMILES string of the molecule is CSCc1cnn2cccnc12. The van der Waals surface area contributed by atoms with E-state index in [9.17, 15) is 0 Å². The molecule has 0 fully saturated rings. The van der Waals surface area contributed by atoms with Crippen LogP contribution in [-0.4, -0.2) is 20.9 Å². The molecule has 0 bridgehead atoms. The third kappa shape index (κ3) is 1.18. The van der Waals surface area contributed by atoms with Crippen LogP contribution in [0.4, 0.5) is 0 Å². The van der Waals surface area contributed by atoms with E-state index < -0.39 is 0 Å². The fraction of sp³-hybridized carbons (Fsp3) is 0.250. The quantitative estimate of drug-likeness (QED) is 0.701. The highest BCUT2D eigenvalue weighted by Gasteiger charge is 2.01. The number of rotatable bonds is 2. The number of nitrogens with zero attached hydrogens (tertiary/aromatic N) is 3. The molecular formula is C8H9N3S. The summed E-state index contributed by atoms with van der Waals surface area (Å²) in [4.78, 5) is 4.25. The summed E-state index contributed by atoms with van der Waals surface area (Å²) in [6, 6.07) is 1.88. The normalized spacial score (nSPS) is 10.8. The average Bonchev–Trinajstić information content (AvgIpc) is 2.50. The Kier molecular flexibility index (Phi) is 1.99. The standard InChI is InChI=1S/C8H9N3S/c1-12-6-7-5-10-11-4-2-3-9-8(7)11/h2-5H,6H2,1H3. The molecule has 3 nitrogen and oxygen atoms in total. The zero-order valence-corrected chi connectivity index (χ0v) is 7.58. The van der Waals surface area contributed by atoms with Crippen LogP contribution >= 0.6 is 11.8 Å². The molecule has 0 spiro atoms. The van der Waals surface area contributed by atoms with E-state index in [1.807, 2.05) is 18.5 Å². The van der Waals surface area contributed by atoms with Gasteiger partial charge in [-0.1, -0.05) is 0 Å². The van der Waals surface area contributed by atoms with Gasteiger partial charge < -0.3 is 0 Å². The van der Waals surface area contributed by atoms with E-state index in [4.69, 9.17) is 0 Å². The lowest BCUT2D eigenvalue weighted by Crippen LogP contribution is -1.88. The predicted molar refractivity (Wildman–Crippen MR) is 50.2 cm³/mol. The Hall–Kier alpha value is -1.03. The van der Waals surface area contributed by atoms with Crippen molar-refractivity contribution >= 4 is 17.4 Å². The topological polar surface area (TPSA) is 30.2 Å². The summed E-state index contributed by atoms with van der Waals surface area (Å²) in [5.41, 5.74) is 2.16. The minimum absolute atomic E-state index is 0.965. The van der Waals surface area contributed by atoms with E-state index in [0.717, 1.165) is 11.4 Å². The Labute approximate surface area is 74.8 Å². The van der Waals surface area contributed by atoms with Gasteiger partial charge in [0.05, 0.1) is 6.20 Å². The minimum Gasteiger partial charge on any atom is -0.237 e. The van der Waals surface area contributed by atoms with Crippen LogP contribution in [0, 0.1) is 0 Å². The summed E-state index contributed by atoms with van der Waals surface area (Å²) < 4.78 is 1.80. The molecule has 0 aromatic carbocycles. The van der Waals surface area contributed by atoms with Crippen LogP contribution in [0.3, 0.4) is 0 Å². The Bertz CT molecular complexity index is 382. The highest BCUT2D eigenvalue weighted by Crippen LogP contribution is 2.12. The van der Waals surface area contributed by atoms with E-state index in [0.29, 0.717) is 0 Å². The minimum atomic E-state index is 0.965. The summed E-state index contributed by atoms with van der Waals surface area (Å²) in [7, 11) is 0. The number of fused-ring (bicyclic) bond motifs is 1. The number of aromatic nitrogens is 3. The predicted octanol–water partition coefficient (Wildman–Crippen LogP) is 1.59. The molecule has 2 heterocycles. The van der Waals surface area contributed by atoms with Crippen LogP contribution < -0.4 is 0 Å². The third-order valence-corrected chi connectivity index (χ3v) is 2.25. The second kappa shape index (κ2) is 3.15. The van der Waals surface area contributed by atoms with Gasteiger partial charge in [0.2, 0.25) is 0 Å². The van der Waals surface area contributed by atoms with Crippen molar-refractivity contribution in [2.45, 2.75) is 5.75 Å². The van der Waals surface area contributed by atoms with Gasteiger partial charge in [-0.05, 0) is 12.3 Å². The molecular weight excluding hydrogens is 170 g/mol. The lowest BCUT2D eigenvalue weighted by Gasteiger charge is -1.93. The molecule has 0 N–H and O–H groups in total. The van der Waals surface area contributed by atoms with E-state index in [1.54, 1.807) is 22.5 Å². The van der Waals surface area contributed by atoms with Crippen LogP contribution in [-0.2, 0) is 5.75 Å². The molecule has 0 atom stereocenters. The molecule has 0 unspecified atom stereocenters. The first-order chi connectivity index (χ1) is 5.92. The van der Waals surface area contributed by atoms with Gasteiger partial charge in [0.1, 0.15) is 0 Å². The number of hydrogen-bond acceptors (Lipinski definition) is 3. The second-order valence-electron chi connectivity index (χ2n) is 2.49. The van der Waals surface area contributed by atoms with Gasteiger partial charge in [0, 0.05) is 23.7 Å². The fourth-order valence-corrected chi connectivity index (χ4v) is 1.65. The van der Waals surface area contributed by atoms with Gasteiger partial charge in [-0.3, -0.25) is 0 Å². The van der Waals surface area contributed by atoms with Gasteiger partial charge in [-0.25, -0.2) is 9.50 Å². The Morgan fingerprint density at radius 2 is 2.50 bits per heavy atom. The maximum absolute atomic E-state index is 4.25. The molecule has 0 aliphatic rings. The lowest BCUT2D eigenvalue weighted by atomic mass is 10.4. The van der Waals surface area contributed by atoms with Gasteiger partial charge in [-0.2, -0.15) is 16.9 Å². The van der Waals surface area contributed by atoms with Crippen LogP contribution in [0.25, 0.3) is 5.65 Å². The highest BCUT2D eigenvalue weighted by atomic mass is 32.2. The van der Waals surface area contributed by atoms with Gasteiger partial charge in [-0.15, -0.1) is 0 Å². The molecule has 0 amide bonds. The zero-order valence-electron chi connectivity index (χ0n) is 6.77. The first kappa shape index (κ1) is 7.61. The van der Waals surface area contributed by atoms with Crippen molar-refractivity contribution in [2.24, 2.45) is 0 Å². The largest absolute Gasteiger partial charge is 0.237 e. The van der Waals surface area contributed by atoms with E-state index >= 15 is 0 Å². The molecule has 0 aliphatic carbocycles. The van der Waals surface area contributed by atoms with E-state index in [1.165, 1.54) is 5.56 Å². The van der Waals surface area contributed by atoms with Gasteiger partial charge >= 0.3 is 0 Å². The van der Waals surface area contributed by atoms with Crippen molar-refractivity contribution in [3.05, 3.63) is 30.2 Å². The highest BCUT2D eigenvalue weighted by molar-refractivity contribution is 7.97. The second-order valence-corrected chi connectivity index (χ2v) is 3.36. The van der Waals surface area contributed by atoms with Crippen molar-refractivity contribution in [2.75, 3.05) is 6.26 Å². The summed E-state index contributed by atoms with van der Waals surface area (Å²) in [5.74, 6) is 0.973. The maximum atomic E-state index is 4.25.